The van der Waals surface area contributed by atoms with Gasteiger partial charge in [0.25, 0.3) is 0 Å². The summed E-state index contributed by atoms with van der Waals surface area (Å²) in [6.07, 6.45) is 25.7. The molecule has 0 aromatic carbocycles. The van der Waals surface area contributed by atoms with Gasteiger partial charge in [0.05, 0.1) is 0 Å². The topological polar surface area (TPSA) is 14.2 Å². The minimum atomic E-state index is 0.507. The number of pyridine rings is 2. The Kier molecular flexibility index (Phi) is 6.43. The molecule has 144 valence electrons. The second-order valence-electron chi connectivity index (χ2n) is 7.36. The van der Waals surface area contributed by atoms with Gasteiger partial charge in [-0.1, -0.05) is 24.3 Å². The molecular weight excluding hydrogens is 344 g/mol. The zero-order valence-corrected chi connectivity index (χ0v) is 17.2. The zero-order chi connectivity index (χ0) is 19.9. The molecule has 0 radical (unpaired) electrons. The summed E-state index contributed by atoms with van der Waals surface area (Å²) in [6.45, 7) is 0. The molecule has 0 saturated heterocycles. The van der Waals surface area contributed by atoms with Crippen LogP contribution in [0.1, 0.15) is 0 Å². The number of hydrogen-bond donors (Lipinski definition) is 0. The second kappa shape index (κ2) is 9.18. The molecule has 2 aliphatic rings. The maximum atomic E-state index is 2.24. The number of aryl methyl sites for hydroxylation is 2. The fourth-order valence-electron chi connectivity index (χ4n) is 3.07. The van der Waals surface area contributed by atoms with E-state index in [1.54, 1.807) is 0 Å². The highest BCUT2D eigenvalue weighted by atomic mass is 15.1. The molecule has 0 unspecified atom stereocenters. The van der Waals surface area contributed by atoms with Crippen LogP contribution in [0.2, 0.25) is 0 Å². The molecule has 2 aliphatic heterocycles. The Bertz CT molecular complexity index is 772. The molecule has 0 amide bonds. The van der Waals surface area contributed by atoms with Crippen molar-refractivity contribution in [3.05, 3.63) is 98.2 Å². The van der Waals surface area contributed by atoms with Gasteiger partial charge in [0.2, 0.25) is 0 Å². The average molecular weight is 375 g/mol. The lowest BCUT2D eigenvalue weighted by Gasteiger charge is -2.24. The Morgan fingerprint density at radius 2 is 0.857 bits per heavy atom. The van der Waals surface area contributed by atoms with Crippen LogP contribution in [0.25, 0.3) is 11.1 Å². The molecule has 0 bridgehead atoms. The fraction of sp³-hybridized carbons (Fsp3) is 0.250. The van der Waals surface area contributed by atoms with Gasteiger partial charge in [-0.2, -0.15) is 0 Å². The Morgan fingerprint density at radius 3 is 1.14 bits per heavy atom. The number of rotatable bonds is 2. The van der Waals surface area contributed by atoms with E-state index in [1.807, 2.05) is 37.3 Å². The van der Waals surface area contributed by atoms with Crippen LogP contribution in [-0.4, -0.2) is 23.9 Å². The van der Waals surface area contributed by atoms with Crippen LogP contribution in [0.15, 0.2) is 98.2 Å². The van der Waals surface area contributed by atoms with Gasteiger partial charge in [-0.25, -0.2) is 9.13 Å². The first-order valence-corrected chi connectivity index (χ1v) is 9.59. The van der Waals surface area contributed by atoms with Gasteiger partial charge >= 0.3 is 0 Å². The highest BCUT2D eigenvalue weighted by molar-refractivity contribution is 5.60. The Labute approximate surface area is 168 Å². The van der Waals surface area contributed by atoms with E-state index in [-0.39, 0.29) is 0 Å². The van der Waals surface area contributed by atoms with Crippen LogP contribution in [0.5, 0.6) is 0 Å². The summed E-state index contributed by atoms with van der Waals surface area (Å²) in [4.78, 5) is 4.14. The van der Waals surface area contributed by atoms with Crippen molar-refractivity contribution in [1.82, 2.24) is 9.80 Å². The van der Waals surface area contributed by atoms with Crippen molar-refractivity contribution in [3.63, 3.8) is 0 Å². The Morgan fingerprint density at radius 1 is 0.571 bits per heavy atom. The summed E-state index contributed by atoms with van der Waals surface area (Å²) in [5.41, 5.74) is 2.51. The smallest absolute Gasteiger partial charge is 0.169 e. The van der Waals surface area contributed by atoms with E-state index in [0.717, 1.165) is 0 Å². The first-order chi connectivity index (χ1) is 13.5. The molecule has 4 heterocycles. The molecule has 4 rings (SSSR count). The quantitative estimate of drug-likeness (QED) is 0.750. The van der Waals surface area contributed by atoms with Gasteiger partial charge in [0.15, 0.2) is 24.8 Å². The predicted octanol–water partition coefficient (Wildman–Crippen LogP) is 3.17. The molecule has 0 N–H and O–H groups in total. The van der Waals surface area contributed by atoms with E-state index in [2.05, 4.69) is 108 Å². The van der Waals surface area contributed by atoms with Gasteiger partial charge < -0.3 is 9.80 Å². The molecule has 2 aromatic rings. The van der Waals surface area contributed by atoms with Crippen molar-refractivity contribution >= 4 is 0 Å². The summed E-state index contributed by atoms with van der Waals surface area (Å²) in [5.74, 6) is 1.01. The largest absolute Gasteiger partial charge is 0.358 e. The monoisotopic (exact) mass is 374 g/mol. The minimum absolute atomic E-state index is 0.507. The van der Waals surface area contributed by atoms with Crippen LogP contribution >= 0.6 is 0 Å². The molecule has 4 heteroatoms. The van der Waals surface area contributed by atoms with Crippen molar-refractivity contribution < 1.29 is 9.13 Å². The molecular formula is C24H30N4+2. The summed E-state index contributed by atoms with van der Waals surface area (Å²) in [7, 11) is 8.14. The van der Waals surface area contributed by atoms with Crippen molar-refractivity contribution in [1.29, 1.82) is 0 Å². The summed E-state index contributed by atoms with van der Waals surface area (Å²) >= 11 is 0. The standard InChI is InChI=1S/C12H16N2.C12H14N2/c2*1-13-7-3-11(4-8-13)12-5-9-14(2)10-6-12/h3-12H,1-2H3;3-10H,1-2H3/q;+2. The van der Waals surface area contributed by atoms with E-state index in [1.165, 1.54) is 11.1 Å². The molecule has 0 aliphatic carbocycles. The summed E-state index contributed by atoms with van der Waals surface area (Å²) < 4.78 is 4.07. The molecule has 0 atom stereocenters. The molecule has 0 fully saturated rings. The zero-order valence-electron chi connectivity index (χ0n) is 17.2. The van der Waals surface area contributed by atoms with Crippen LogP contribution < -0.4 is 9.13 Å². The van der Waals surface area contributed by atoms with Crippen molar-refractivity contribution in [2.24, 2.45) is 25.9 Å². The molecule has 2 aromatic heterocycles. The van der Waals surface area contributed by atoms with E-state index < -0.39 is 0 Å². The maximum absolute atomic E-state index is 2.24. The third kappa shape index (κ3) is 5.43. The van der Waals surface area contributed by atoms with Gasteiger partial charge in [0, 0.05) is 50.2 Å². The van der Waals surface area contributed by atoms with Crippen molar-refractivity contribution in [2.75, 3.05) is 14.1 Å². The summed E-state index contributed by atoms with van der Waals surface area (Å²) in [6, 6.07) is 8.48. The first kappa shape index (κ1) is 19.6. The lowest BCUT2D eigenvalue weighted by Crippen LogP contribution is -2.26. The van der Waals surface area contributed by atoms with Crippen molar-refractivity contribution in [2.45, 2.75) is 0 Å². The third-order valence-electron chi connectivity index (χ3n) is 4.91. The number of allylic oxidation sites excluding steroid dienone is 4. The highest BCUT2D eigenvalue weighted by Gasteiger charge is 2.15. The van der Waals surface area contributed by atoms with Crippen LogP contribution in [0.3, 0.4) is 0 Å². The van der Waals surface area contributed by atoms with Gasteiger partial charge in [-0.05, 0) is 35.9 Å². The van der Waals surface area contributed by atoms with Crippen LogP contribution in [0.4, 0.5) is 0 Å². The summed E-state index contributed by atoms with van der Waals surface area (Å²) in [5, 5.41) is 0. The molecule has 0 saturated carbocycles. The Hall–Kier alpha value is -3.14. The average Bonchev–Trinajstić information content (AvgIpc) is 2.71. The lowest BCUT2D eigenvalue weighted by molar-refractivity contribution is -0.671. The van der Waals surface area contributed by atoms with Gasteiger partial charge in [-0.15, -0.1) is 0 Å². The Balaban J connectivity index is 0.000000161. The highest BCUT2D eigenvalue weighted by Crippen LogP contribution is 2.24. The van der Waals surface area contributed by atoms with Gasteiger partial charge in [0.1, 0.15) is 14.1 Å². The van der Waals surface area contributed by atoms with Crippen LogP contribution in [0, 0.1) is 11.8 Å². The van der Waals surface area contributed by atoms with Gasteiger partial charge in [-0.3, -0.25) is 0 Å². The third-order valence-corrected chi connectivity index (χ3v) is 4.91. The molecule has 0 spiro atoms. The molecule has 4 nitrogen and oxygen atoms in total. The second-order valence-corrected chi connectivity index (χ2v) is 7.36. The van der Waals surface area contributed by atoms with E-state index in [9.17, 15) is 0 Å². The first-order valence-electron chi connectivity index (χ1n) is 9.59. The van der Waals surface area contributed by atoms with E-state index in [4.69, 9.17) is 0 Å². The lowest BCUT2D eigenvalue weighted by atomic mass is 9.90. The SMILES string of the molecule is CN1C=CC(C2C=CN(C)C=C2)C=C1.C[n+]1ccc(-c2cc[n+](C)cc2)cc1. The predicted molar refractivity (Wildman–Crippen MR) is 113 cm³/mol. The minimum Gasteiger partial charge on any atom is -0.358 e. The molecule has 28 heavy (non-hydrogen) atoms. The number of hydrogen-bond acceptors (Lipinski definition) is 2. The van der Waals surface area contributed by atoms with Crippen molar-refractivity contribution in [3.8, 4) is 11.1 Å². The fourth-order valence-corrected chi connectivity index (χ4v) is 3.07. The van der Waals surface area contributed by atoms with Crippen LogP contribution in [-0.2, 0) is 14.1 Å². The van der Waals surface area contributed by atoms with E-state index >= 15 is 0 Å². The maximum Gasteiger partial charge on any atom is 0.169 e. The van der Waals surface area contributed by atoms with E-state index in [0.29, 0.717) is 11.8 Å². The normalized spacial score (nSPS) is 16.3. The number of nitrogens with zero attached hydrogens (tertiary/aromatic N) is 4. The number of aromatic nitrogens is 2.